The molecule has 0 bridgehead atoms. The molecule has 1 aromatic carbocycles. The molecule has 0 N–H and O–H groups in total. The lowest BCUT2D eigenvalue weighted by Gasteiger charge is -2.23. The molecule has 0 atom stereocenters. The van der Waals surface area contributed by atoms with Crippen molar-refractivity contribution in [2.75, 3.05) is 6.54 Å². The van der Waals surface area contributed by atoms with Gasteiger partial charge < -0.3 is 4.74 Å². The van der Waals surface area contributed by atoms with Crippen LogP contribution in [0.3, 0.4) is 0 Å². The van der Waals surface area contributed by atoms with Crippen LogP contribution in [0.5, 0.6) is 0 Å². The van der Waals surface area contributed by atoms with Gasteiger partial charge in [0.15, 0.2) is 0 Å². The predicted molar refractivity (Wildman–Crippen MR) is 66.3 cm³/mol. The lowest BCUT2D eigenvalue weighted by molar-refractivity contribution is 0.108. The fourth-order valence-corrected chi connectivity index (χ4v) is 1.87. The number of rotatable bonds is 2. The minimum Gasteiger partial charge on any atom is -0.444 e. The summed E-state index contributed by atoms with van der Waals surface area (Å²) in [5.74, 6) is 0. The van der Waals surface area contributed by atoms with Crippen LogP contribution >= 0.6 is 0 Å². The van der Waals surface area contributed by atoms with E-state index < -0.39 is 0 Å². The number of ether oxygens (including phenoxy) is 1. The molecular formula is C14H17NO2. The van der Waals surface area contributed by atoms with Gasteiger partial charge >= 0.3 is 6.09 Å². The molecule has 3 nitrogen and oxygen atoms in total. The Hall–Kier alpha value is -1.77. The number of carbonyl (C=O) groups excluding carboxylic acids is 1. The first kappa shape index (κ1) is 11.7. The lowest BCUT2D eigenvalue weighted by atomic mass is 10.1. The fraction of sp³-hybridized carbons (Fsp3) is 0.357. The van der Waals surface area contributed by atoms with E-state index in [0.717, 1.165) is 24.9 Å². The molecule has 90 valence electrons. The minimum atomic E-state index is -0.257. The van der Waals surface area contributed by atoms with Crippen molar-refractivity contribution in [3.05, 3.63) is 47.7 Å². The zero-order valence-electron chi connectivity index (χ0n) is 10.1. The van der Waals surface area contributed by atoms with Gasteiger partial charge in [-0.3, -0.25) is 4.90 Å². The van der Waals surface area contributed by atoms with E-state index in [4.69, 9.17) is 4.74 Å². The van der Waals surface area contributed by atoms with E-state index in [1.165, 1.54) is 5.57 Å². The van der Waals surface area contributed by atoms with Crippen LogP contribution in [0.25, 0.3) is 0 Å². The van der Waals surface area contributed by atoms with Crippen molar-refractivity contribution in [1.29, 1.82) is 0 Å². The molecule has 1 aliphatic heterocycles. The third-order valence-electron chi connectivity index (χ3n) is 2.79. The number of allylic oxidation sites excluding steroid dienone is 1. The van der Waals surface area contributed by atoms with Crippen LogP contribution in [-0.4, -0.2) is 17.5 Å². The van der Waals surface area contributed by atoms with E-state index in [-0.39, 0.29) is 6.09 Å². The second kappa shape index (κ2) is 5.53. The summed E-state index contributed by atoms with van der Waals surface area (Å²) in [4.78, 5) is 13.4. The van der Waals surface area contributed by atoms with Crippen molar-refractivity contribution in [2.45, 2.75) is 26.4 Å². The standard InChI is InChI=1S/C14H17NO2/c1-12-6-5-9-15(10-12)14(16)17-11-13-7-3-2-4-8-13/h2-4,7-8,10H,5-6,9,11H2,1H3. The Kier molecular flexibility index (Phi) is 3.81. The van der Waals surface area contributed by atoms with Gasteiger partial charge in [0.2, 0.25) is 0 Å². The summed E-state index contributed by atoms with van der Waals surface area (Å²) in [5, 5.41) is 0. The van der Waals surface area contributed by atoms with E-state index in [0.29, 0.717) is 6.61 Å². The molecule has 17 heavy (non-hydrogen) atoms. The Bertz CT molecular complexity index is 411. The Labute approximate surface area is 102 Å². The van der Waals surface area contributed by atoms with Crippen LogP contribution in [0.2, 0.25) is 0 Å². The van der Waals surface area contributed by atoms with E-state index in [1.807, 2.05) is 43.5 Å². The fourth-order valence-electron chi connectivity index (χ4n) is 1.87. The maximum Gasteiger partial charge on any atom is 0.414 e. The van der Waals surface area contributed by atoms with Gasteiger partial charge in [0.05, 0.1) is 0 Å². The normalized spacial score (nSPS) is 15.4. The van der Waals surface area contributed by atoms with E-state index in [9.17, 15) is 4.79 Å². The van der Waals surface area contributed by atoms with Gasteiger partial charge in [0.1, 0.15) is 6.61 Å². The molecule has 0 saturated carbocycles. The Morgan fingerprint density at radius 2 is 2.12 bits per heavy atom. The van der Waals surface area contributed by atoms with Crippen molar-refractivity contribution >= 4 is 6.09 Å². The molecule has 0 aromatic heterocycles. The number of carbonyl (C=O) groups is 1. The van der Waals surface area contributed by atoms with Crippen LogP contribution in [0.15, 0.2) is 42.1 Å². The second-order valence-electron chi connectivity index (χ2n) is 4.31. The molecule has 2 rings (SSSR count). The highest BCUT2D eigenvalue weighted by Gasteiger charge is 2.16. The van der Waals surface area contributed by atoms with Gasteiger partial charge in [-0.25, -0.2) is 4.79 Å². The van der Waals surface area contributed by atoms with Crippen LogP contribution in [0.4, 0.5) is 4.79 Å². The average molecular weight is 231 g/mol. The van der Waals surface area contributed by atoms with Crippen molar-refractivity contribution in [3.8, 4) is 0 Å². The highest BCUT2D eigenvalue weighted by Crippen LogP contribution is 2.15. The maximum atomic E-state index is 11.8. The first-order valence-electron chi connectivity index (χ1n) is 5.90. The first-order chi connectivity index (χ1) is 8.25. The van der Waals surface area contributed by atoms with Gasteiger partial charge in [-0.2, -0.15) is 0 Å². The summed E-state index contributed by atoms with van der Waals surface area (Å²) in [7, 11) is 0. The van der Waals surface area contributed by atoms with Crippen molar-refractivity contribution < 1.29 is 9.53 Å². The van der Waals surface area contributed by atoms with Crippen LogP contribution in [0, 0.1) is 0 Å². The number of nitrogens with zero attached hydrogens (tertiary/aromatic N) is 1. The molecule has 1 amide bonds. The molecule has 0 spiro atoms. The molecule has 1 heterocycles. The van der Waals surface area contributed by atoms with Gasteiger partial charge in [0.25, 0.3) is 0 Å². The summed E-state index contributed by atoms with van der Waals surface area (Å²) in [6, 6.07) is 9.72. The Morgan fingerprint density at radius 1 is 1.35 bits per heavy atom. The lowest BCUT2D eigenvalue weighted by Crippen LogP contribution is -2.30. The van der Waals surface area contributed by atoms with E-state index in [1.54, 1.807) is 4.90 Å². The number of hydrogen-bond donors (Lipinski definition) is 0. The maximum absolute atomic E-state index is 11.8. The SMILES string of the molecule is CC1=CN(C(=O)OCc2ccccc2)CCC1. The smallest absolute Gasteiger partial charge is 0.414 e. The van der Waals surface area contributed by atoms with Gasteiger partial charge in [0, 0.05) is 12.7 Å². The van der Waals surface area contributed by atoms with Crippen molar-refractivity contribution in [2.24, 2.45) is 0 Å². The Balaban J connectivity index is 1.87. The first-order valence-corrected chi connectivity index (χ1v) is 5.90. The number of benzene rings is 1. The predicted octanol–water partition coefficient (Wildman–Crippen LogP) is 3.32. The number of amides is 1. The largest absolute Gasteiger partial charge is 0.444 e. The summed E-state index contributed by atoms with van der Waals surface area (Å²) < 4.78 is 5.26. The molecule has 0 unspecified atom stereocenters. The third kappa shape index (κ3) is 3.34. The van der Waals surface area contributed by atoms with Crippen LogP contribution < -0.4 is 0 Å². The molecule has 1 aromatic rings. The van der Waals surface area contributed by atoms with Gasteiger partial charge in [-0.05, 0) is 25.3 Å². The van der Waals surface area contributed by atoms with Gasteiger partial charge in [-0.15, -0.1) is 0 Å². The van der Waals surface area contributed by atoms with Crippen molar-refractivity contribution in [1.82, 2.24) is 4.90 Å². The molecule has 0 radical (unpaired) electrons. The van der Waals surface area contributed by atoms with Crippen molar-refractivity contribution in [3.63, 3.8) is 0 Å². The quantitative estimate of drug-likeness (QED) is 0.781. The highest BCUT2D eigenvalue weighted by atomic mass is 16.6. The Morgan fingerprint density at radius 3 is 2.82 bits per heavy atom. The summed E-state index contributed by atoms with van der Waals surface area (Å²) in [6.45, 7) is 3.13. The van der Waals surface area contributed by atoms with Gasteiger partial charge in [-0.1, -0.05) is 35.9 Å². The minimum absolute atomic E-state index is 0.257. The zero-order chi connectivity index (χ0) is 12.1. The molecule has 0 fully saturated rings. The summed E-state index contributed by atoms with van der Waals surface area (Å²) in [5.41, 5.74) is 2.24. The monoisotopic (exact) mass is 231 g/mol. The summed E-state index contributed by atoms with van der Waals surface area (Å²) in [6.07, 6.45) is 3.72. The summed E-state index contributed by atoms with van der Waals surface area (Å²) >= 11 is 0. The van der Waals surface area contributed by atoms with Crippen LogP contribution in [-0.2, 0) is 11.3 Å². The molecule has 0 aliphatic carbocycles. The average Bonchev–Trinajstić information content (AvgIpc) is 2.37. The molecule has 3 heteroatoms. The molecular weight excluding hydrogens is 214 g/mol. The highest BCUT2D eigenvalue weighted by molar-refractivity contribution is 5.69. The van der Waals surface area contributed by atoms with E-state index in [2.05, 4.69) is 0 Å². The third-order valence-corrected chi connectivity index (χ3v) is 2.79. The number of hydrogen-bond acceptors (Lipinski definition) is 2. The second-order valence-corrected chi connectivity index (χ2v) is 4.31. The zero-order valence-corrected chi connectivity index (χ0v) is 10.1. The molecule has 0 saturated heterocycles. The molecule has 1 aliphatic rings. The van der Waals surface area contributed by atoms with E-state index >= 15 is 0 Å². The topological polar surface area (TPSA) is 29.5 Å². The van der Waals surface area contributed by atoms with Crippen LogP contribution in [0.1, 0.15) is 25.3 Å².